The van der Waals surface area contributed by atoms with E-state index in [0.717, 1.165) is 0 Å². The number of imidazole rings is 1. The predicted molar refractivity (Wildman–Crippen MR) is 41.1 cm³/mol. The summed E-state index contributed by atoms with van der Waals surface area (Å²) in [7, 11) is 0. The van der Waals surface area contributed by atoms with E-state index in [9.17, 15) is 4.79 Å². The van der Waals surface area contributed by atoms with Gasteiger partial charge in [0.2, 0.25) is 0 Å². The van der Waals surface area contributed by atoms with Crippen LogP contribution in [0.1, 0.15) is 11.5 Å². The van der Waals surface area contributed by atoms with Gasteiger partial charge in [0, 0.05) is 0 Å². The van der Waals surface area contributed by atoms with Crippen LogP contribution in [0.3, 0.4) is 0 Å². The Bertz CT molecular complexity index is 302. The fraction of sp³-hybridized carbons (Fsp3) is 0.333. The lowest BCUT2D eigenvalue weighted by Gasteiger charge is -1.99. The van der Waals surface area contributed by atoms with Gasteiger partial charge in [-0.1, -0.05) is 0 Å². The summed E-state index contributed by atoms with van der Waals surface area (Å²) in [6, 6.07) is -0.597. The van der Waals surface area contributed by atoms with E-state index in [1.54, 1.807) is 13.8 Å². The zero-order chi connectivity index (χ0) is 8.59. The second-order valence-electron chi connectivity index (χ2n) is 2.30. The molecule has 0 spiro atoms. The Labute approximate surface area is 64.0 Å². The van der Waals surface area contributed by atoms with Crippen LogP contribution in [0.25, 0.3) is 0 Å². The Morgan fingerprint density at radius 3 is 2.27 bits per heavy atom. The molecule has 0 aliphatic carbocycles. The summed E-state index contributed by atoms with van der Waals surface area (Å²) in [6.45, 7) is 3.40. The molecule has 1 heterocycles. The number of primary amides is 1. The van der Waals surface area contributed by atoms with Crippen molar-refractivity contribution in [2.75, 3.05) is 5.73 Å². The maximum absolute atomic E-state index is 10.7. The van der Waals surface area contributed by atoms with E-state index in [2.05, 4.69) is 4.98 Å². The highest BCUT2D eigenvalue weighted by Crippen LogP contribution is 2.10. The standard InChI is InChI=1S/C6H10N4O/c1-3-5(7)10(6(8)11)4(2)9-3/h7H2,1-2H3,(H2,8,11). The van der Waals surface area contributed by atoms with Crippen LogP contribution in [0.5, 0.6) is 0 Å². The number of nitrogens with zero attached hydrogens (tertiary/aromatic N) is 2. The number of carbonyl (C=O) groups is 1. The van der Waals surface area contributed by atoms with Crippen LogP contribution in [0.4, 0.5) is 10.6 Å². The first-order valence-corrected chi connectivity index (χ1v) is 3.15. The lowest BCUT2D eigenvalue weighted by atomic mass is 10.5. The number of aromatic nitrogens is 2. The van der Waals surface area contributed by atoms with E-state index >= 15 is 0 Å². The molecule has 0 radical (unpaired) electrons. The number of aryl methyl sites for hydroxylation is 2. The van der Waals surface area contributed by atoms with Gasteiger partial charge in [0.15, 0.2) is 0 Å². The molecular weight excluding hydrogens is 144 g/mol. The Morgan fingerprint density at radius 1 is 1.55 bits per heavy atom. The summed E-state index contributed by atoms with van der Waals surface area (Å²) in [5, 5.41) is 0. The van der Waals surface area contributed by atoms with Gasteiger partial charge in [0.1, 0.15) is 11.6 Å². The number of nitrogens with two attached hydrogens (primary N) is 2. The van der Waals surface area contributed by atoms with Crippen molar-refractivity contribution >= 4 is 11.8 Å². The van der Waals surface area contributed by atoms with Crippen molar-refractivity contribution < 1.29 is 4.79 Å². The van der Waals surface area contributed by atoms with E-state index in [1.165, 1.54) is 4.57 Å². The molecular formula is C6H10N4O. The van der Waals surface area contributed by atoms with Gasteiger partial charge >= 0.3 is 6.03 Å². The van der Waals surface area contributed by atoms with E-state index in [-0.39, 0.29) is 0 Å². The van der Waals surface area contributed by atoms with Crippen molar-refractivity contribution in [3.05, 3.63) is 11.5 Å². The van der Waals surface area contributed by atoms with Gasteiger partial charge in [-0.15, -0.1) is 0 Å². The Balaban J connectivity index is 3.34. The van der Waals surface area contributed by atoms with Gasteiger partial charge in [-0.3, -0.25) is 0 Å². The molecule has 5 nitrogen and oxygen atoms in total. The molecule has 1 aromatic heterocycles. The summed E-state index contributed by atoms with van der Waals surface area (Å²) >= 11 is 0. The van der Waals surface area contributed by atoms with Crippen molar-refractivity contribution in [3.63, 3.8) is 0 Å². The number of rotatable bonds is 0. The van der Waals surface area contributed by atoms with Gasteiger partial charge in [-0.25, -0.2) is 14.3 Å². The number of hydrogen-bond donors (Lipinski definition) is 2. The SMILES string of the molecule is Cc1nc(C)n(C(N)=O)c1N. The average Bonchev–Trinajstić information content (AvgIpc) is 2.07. The maximum Gasteiger partial charge on any atom is 0.326 e. The van der Waals surface area contributed by atoms with Gasteiger partial charge in [0.05, 0.1) is 5.69 Å². The number of nitrogen functional groups attached to an aromatic ring is 1. The second-order valence-corrected chi connectivity index (χ2v) is 2.30. The summed E-state index contributed by atoms with van der Waals surface area (Å²) < 4.78 is 1.18. The molecule has 0 fully saturated rings. The largest absolute Gasteiger partial charge is 0.383 e. The lowest BCUT2D eigenvalue weighted by molar-refractivity contribution is 0.250. The van der Waals surface area contributed by atoms with Crippen LogP contribution in [-0.4, -0.2) is 15.6 Å². The fourth-order valence-corrected chi connectivity index (χ4v) is 0.964. The first-order valence-electron chi connectivity index (χ1n) is 3.15. The van der Waals surface area contributed by atoms with Crippen molar-refractivity contribution in [1.82, 2.24) is 9.55 Å². The van der Waals surface area contributed by atoms with E-state index < -0.39 is 6.03 Å². The topological polar surface area (TPSA) is 86.9 Å². The first-order chi connectivity index (χ1) is 5.04. The van der Waals surface area contributed by atoms with Gasteiger partial charge in [-0.2, -0.15) is 0 Å². The molecule has 0 aliphatic rings. The molecule has 5 heteroatoms. The molecule has 0 saturated carbocycles. The fourth-order valence-electron chi connectivity index (χ4n) is 0.964. The van der Waals surface area contributed by atoms with Crippen molar-refractivity contribution in [2.24, 2.45) is 5.73 Å². The highest BCUT2D eigenvalue weighted by molar-refractivity contribution is 5.79. The number of carbonyl (C=O) groups excluding carboxylic acids is 1. The van der Waals surface area contributed by atoms with Crippen LogP contribution >= 0.6 is 0 Å². The molecule has 0 unspecified atom stereocenters. The molecule has 0 saturated heterocycles. The first kappa shape index (κ1) is 7.59. The number of amides is 1. The third kappa shape index (κ3) is 1.04. The summed E-state index contributed by atoms with van der Waals surface area (Å²) in [5.74, 6) is 0.836. The minimum absolute atomic E-state index is 0.315. The third-order valence-corrected chi connectivity index (χ3v) is 1.49. The lowest BCUT2D eigenvalue weighted by Crippen LogP contribution is -2.22. The zero-order valence-corrected chi connectivity index (χ0v) is 6.46. The smallest absolute Gasteiger partial charge is 0.326 e. The molecule has 0 aliphatic heterocycles. The van der Waals surface area contributed by atoms with Crippen LogP contribution in [0, 0.1) is 13.8 Å². The number of hydrogen-bond acceptors (Lipinski definition) is 3. The van der Waals surface area contributed by atoms with Crippen LogP contribution in [0.2, 0.25) is 0 Å². The Hall–Kier alpha value is -1.52. The van der Waals surface area contributed by atoms with Gasteiger partial charge in [0.25, 0.3) is 0 Å². The normalized spacial score (nSPS) is 10.0. The molecule has 1 amide bonds. The van der Waals surface area contributed by atoms with E-state index in [1.807, 2.05) is 0 Å². The molecule has 1 aromatic rings. The quantitative estimate of drug-likeness (QED) is 0.551. The summed E-state index contributed by atoms with van der Waals surface area (Å²) in [5.41, 5.74) is 11.2. The molecule has 0 bridgehead atoms. The third-order valence-electron chi connectivity index (χ3n) is 1.49. The molecule has 4 N–H and O–H groups in total. The zero-order valence-electron chi connectivity index (χ0n) is 6.46. The van der Waals surface area contributed by atoms with E-state index in [0.29, 0.717) is 17.3 Å². The van der Waals surface area contributed by atoms with Crippen molar-refractivity contribution in [3.8, 4) is 0 Å². The van der Waals surface area contributed by atoms with Crippen LogP contribution in [-0.2, 0) is 0 Å². The van der Waals surface area contributed by atoms with E-state index in [4.69, 9.17) is 11.5 Å². The monoisotopic (exact) mass is 154 g/mol. The highest BCUT2D eigenvalue weighted by atomic mass is 16.2. The molecule has 0 atom stereocenters. The Kier molecular flexibility index (Phi) is 1.56. The summed E-state index contributed by atoms with van der Waals surface area (Å²) in [6.07, 6.45) is 0. The molecule has 60 valence electrons. The Morgan fingerprint density at radius 2 is 2.09 bits per heavy atom. The summed E-state index contributed by atoms with van der Waals surface area (Å²) in [4.78, 5) is 14.7. The van der Waals surface area contributed by atoms with Crippen molar-refractivity contribution in [2.45, 2.75) is 13.8 Å². The van der Waals surface area contributed by atoms with Gasteiger partial charge < -0.3 is 11.5 Å². The van der Waals surface area contributed by atoms with Gasteiger partial charge in [-0.05, 0) is 13.8 Å². The maximum atomic E-state index is 10.7. The highest BCUT2D eigenvalue weighted by Gasteiger charge is 2.11. The van der Waals surface area contributed by atoms with Crippen LogP contribution < -0.4 is 11.5 Å². The van der Waals surface area contributed by atoms with Crippen molar-refractivity contribution in [1.29, 1.82) is 0 Å². The molecule has 0 aromatic carbocycles. The van der Waals surface area contributed by atoms with Crippen LogP contribution in [0.15, 0.2) is 0 Å². The second kappa shape index (κ2) is 2.26. The predicted octanol–water partition coefficient (Wildman–Crippen LogP) is 0.00894. The molecule has 11 heavy (non-hydrogen) atoms. The minimum atomic E-state index is -0.597. The number of anilines is 1. The minimum Gasteiger partial charge on any atom is -0.383 e. The molecule has 1 rings (SSSR count). The average molecular weight is 154 g/mol.